The van der Waals surface area contributed by atoms with Crippen LogP contribution in [0.25, 0.3) is 0 Å². The van der Waals surface area contributed by atoms with E-state index in [0.717, 1.165) is 5.56 Å². The topological polar surface area (TPSA) is 91.0 Å². The summed E-state index contributed by atoms with van der Waals surface area (Å²) in [6.07, 6.45) is 1.37. The van der Waals surface area contributed by atoms with Gasteiger partial charge in [-0.05, 0) is 39.8 Å². The molecule has 0 aliphatic carbocycles. The number of carbonyl (C=O) groups excluding carboxylic acids is 2. The highest BCUT2D eigenvalue weighted by Crippen LogP contribution is 2.16. The highest BCUT2D eigenvalue weighted by atomic mass is 16.2. The first-order chi connectivity index (χ1) is 10.3. The van der Waals surface area contributed by atoms with Crippen LogP contribution in [0.4, 0.5) is 0 Å². The van der Waals surface area contributed by atoms with Gasteiger partial charge in [0.25, 0.3) is 11.8 Å². The zero-order valence-electron chi connectivity index (χ0n) is 13.0. The van der Waals surface area contributed by atoms with Crippen LogP contribution in [0.1, 0.15) is 47.2 Å². The van der Waals surface area contributed by atoms with Crippen LogP contribution in [0.15, 0.2) is 30.5 Å². The van der Waals surface area contributed by atoms with E-state index >= 15 is 0 Å². The van der Waals surface area contributed by atoms with E-state index in [2.05, 4.69) is 20.8 Å². The van der Waals surface area contributed by atoms with Gasteiger partial charge in [0, 0.05) is 5.56 Å². The number of hydrazine groups is 1. The van der Waals surface area contributed by atoms with Crippen LogP contribution in [0.2, 0.25) is 0 Å². The molecule has 0 fully saturated rings. The molecule has 116 valence electrons. The van der Waals surface area contributed by atoms with Crippen LogP contribution in [-0.2, 0) is 0 Å². The van der Waals surface area contributed by atoms with Crippen LogP contribution in [0, 0.1) is 6.92 Å². The van der Waals surface area contributed by atoms with E-state index in [1.54, 1.807) is 12.1 Å². The number of hydrogen-bond acceptors (Lipinski definition) is 4. The second-order valence-electron chi connectivity index (χ2n) is 5.98. The Morgan fingerprint density at radius 3 is 2.32 bits per heavy atom. The highest BCUT2D eigenvalue weighted by molar-refractivity contribution is 5.98. The molecule has 0 aliphatic rings. The van der Waals surface area contributed by atoms with Crippen molar-refractivity contribution < 1.29 is 9.59 Å². The zero-order valence-corrected chi connectivity index (χ0v) is 13.0. The number of carbonyl (C=O) groups is 2. The van der Waals surface area contributed by atoms with Gasteiger partial charge < -0.3 is 0 Å². The third-order valence-corrected chi connectivity index (χ3v) is 3.04. The van der Waals surface area contributed by atoms with Gasteiger partial charge in [-0.2, -0.15) is 0 Å². The maximum Gasteiger partial charge on any atom is 0.292 e. The number of nitrogens with zero attached hydrogens (tertiary/aromatic N) is 3. The minimum Gasteiger partial charge on any atom is -0.267 e. The predicted molar refractivity (Wildman–Crippen MR) is 81.0 cm³/mol. The number of aryl methyl sites for hydroxylation is 1. The standard InChI is InChI=1S/C15H19N5O2/c1-10-5-7-11(8-6-10)14(22)20(15(2,3)4)18-13(21)12-9-16-19-17-12/h5-9H,1-4H3,(H,18,21)(H,16,17,19). The summed E-state index contributed by atoms with van der Waals surface area (Å²) in [5, 5.41) is 10.9. The van der Waals surface area contributed by atoms with Crippen molar-refractivity contribution in [3.8, 4) is 0 Å². The minimum absolute atomic E-state index is 0.117. The van der Waals surface area contributed by atoms with E-state index in [1.165, 1.54) is 11.2 Å². The summed E-state index contributed by atoms with van der Waals surface area (Å²) in [5.74, 6) is -0.784. The normalized spacial score (nSPS) is 11.1. The van der Waals surface area contributed by atoms with Crippen LogP contribution >= 0.6 is 0 Å². The van der Waals surface area contributed by atoms with Crippen LogP contribution in [-0.4, -0.2) is 37.8 Å². The number of H-pyrrole nitrogens is 1. The molecule has 1 aromatic carbocycles. The maximum atomic E-state index is 12.7. The Hall–Kier alpha value is -2.70. The van der Waals surface area contributed by atoms with Crippen molar-refractivity contribution in [3.05, 3.63) is 47.3 Å². The van der Waals surface area contributed by atoms with Gasteiger partial charge in [-0.15, -0.1) is 5.10 Å². The lowest BCUT2D eigenvalue weighted by molar-refractivity contribution is 0.0356. The molecule has 2 rings (SSSR count). The lowest BCUT2D eigenvalue weighted by Gasteiger charge is -2.35. The fourth-order valence-corrected chi connectivity index (χ4v) is 1.82. The molecule has 0 saturated carbocycles. The van der Waals surface area contributed by atoms with Gasteiger partial charge in [0.15, 0.2) is 5.69 Å². The molecule has 2 N–H and O–H groups in total. The quantitative estimate of drug-likeness (QED) is 0.826. The van der Waals surface area contributed by atoms with E-state index in [0.29, 0.717) is 5.56 Å². The number of amides is 2. The van der Waals surface area contributed by atoms with Gasteiger partial charge in [0.05, 0.1) is 11.7 Å². The average molecular weight is 301 g/mol. The number of rotatable bonds is 2. The van der Waals surface area contributed by atoms with E-state index in [1.807, 2.05) is 39.8 Å². The first-order valence-electron chi connectivity index (χ1n) is 6.87. The summed E-state index contributed by atoms with van der Waals surface area (Å²) in [6, 6.07) is 7.18. The van der Waals surface area contributed by atoms with Gasteiger partial charge >= 0.3 is 0 Å². The molecule has 0 radical (unpaired) electrons. The van der Waals surface area contributed by atoms with E-state index in [4.69, 9.17) is 0 Å². The second kappa shape index (κ2) is 5.97. The zero-order chi connectivity index (χ0) is 16.3. The first kappa shape index (κ1) is 15.7. The molecule has 1 aromatic heterocycles. The van der Waals surface area contributed by atoms with Gasteiger partial charge in [-0.1, -0.05) is 22.9 Å². The van der Waals surface area contributed by atoms with Gasteiger partial charge in [0.2, 0.25) is 0 Å². The molecule has 0 unspecified atom stereocenters. The molecule has 2 aromatic rings. The SMILES string of the molecule is Cc1ccc(C(=O)N(NC(=O)c2c[nH]nn2)C(C)(C)C)cc1. The third-order valence-electron chi connectivity index (χ3n) is 3.04. The summed E-state index contributed by atoms with van der Waals surface area (Å²) in [5.41, 5.74) is 3.68. The fourth-order valence-electron chi connectivity index (χ4n) is 1.82. The smallest absolute Gasteiger partial charge is 0.267 e. The van der Waals surface area contributed by atoms with Gasteiger partial charge in [0.1, 0.15) is 0 Å². The Kier molecular flexibility index (Phi) is 4.25. The molecule has 0 aliphatic heterocycles. The van der Waals surface area contributed by atoms with Crippen molar-refractivity contribution in [1.29, 1.82) is 0 Å². The fraction of sp³-hybridized carbons (Fsp3) is 0.333. The Bertz CT molecular complexity index is 656. The van der Waals surface area contributed by atoms with Crippen molar-refractivity contribution >= 4 is 11.8 Å². The van der Waals surface area contributed by atoms with E-state index in [9.17, 15) is 9.59 Å². The minimum atomic E-state index is -0.596. The summed E-state index contributed by atoms with van der Waals surface area (Å²) >= 11 is 0. The largest absolute Gasteiger partial charge is 0.292 e. The Morgan fingerprint density at radius 1 is 1.18 bits per heavy atom. The van der Waals surface area contributed by atoms with Crippen molar-refractivity contribution in [3.63, 3.8) is 0 Å². The van der Waals surface area contributed by atoms with Crippen molar-refractivity contribution in [2.75, 3.05) is 0 Å². The van der Waals surface area contributed by atoms with Crippen LogP contribution in [0.3, 0.4) is 0 Å². The second-order valence-corrected chi connectivity index (χ2v) is 5.98. The highest BCUT2D eigenvalue weighted by Gasteiger charge is 2.30. The Morgan fingerprint density at radius 2 is 1.82 bits per heavy atom. The Balaban J connectivity index is 2.25. The Labute approximate surface area is 128 Å². The number of nitrogens with one attached hydrogen (secondary N) is 2. The van der Waals surface area contributed by atoms with Crippen molar-refractivity contribution in [2.24, 2.45) is 0 Å². The monoisotopic (exact) mass is 301 g/mol. The molecule has 7 heteroatoms. The predicted octanol–water partition coefficient (Wildman–Crippen LogP) is 1.70. The summed E-state index contributed by atoms with van der Waals surface area (Å²) in [6.45, 7) is 7.45. The van der Waals surface area contributed by atoms with Gasteiger partial charge in [-0.3, -0.25) is 20.1 Å². The molecule has 22 heavy (non-hydrogen) atoms. The molecule has 0 bridgehead atoms. The molecular weight excluding hydrogens is 282 g/mol. The third kappa shape index (κ3) is 3.49. The van der Waals surface area contributed by atoms with Crippen LogP contribution < -0.4 is 5.43 Å². The number of aromatic nitrogens is 3. The van der Waals surface area contributed by atoms with E-state index < -0.39 is 11.4 Å². The molecule has 0 atom stereocenters. The maximum absolute atomic E-state index is 12.7. The first-order valence-corrected chi connectivity index (χ1v) is 6.87. The lowest BCUT2D eigenvalue weighted by atomic mass is 10.1. The molecule has 0 spiro atoms. The van der Waals surface area contributed by atoms with Crippen LogP contribution in [0.5, 0.6) is 0 Å². The molecule has 1 heterocycles. The van der Waals surface area contributed by atoms with Crippen molar-refractivity contribution in [1.82, 2.24) is 25.8 Å². The lowest BCUT2D eigenvalue weighted by Crippen LogP contribution is -2.56. The summed E-state index contributed by atoms with van der Waals surface area (Å²) in [7, 11) is 0. The number of aromatic amines is 1. The summed E-state index contributed by atoms with van der Waals surface area (Å²) in [4.78, 5) is 24.8. The molecule has 2 amide bonds. The average Bonchev–Trinajstić information content (AvgIpc) is 2.97. The number of benzene rings is 1. The van der Waals surface area contributed by atoms with E-state index in [-0.39, 0.29) is 11.6 Å². The molecule has 7 nitrogen and oxygen atoms in total. The van der Waals surface area contributed by atoms with Gasteiger partial charge in [-0.25, -0.2) is 5.01 Å². The molecule has 0 saturated heterocycles. The number of hydrogen-bond donors (Lipinski definition) is 2. The van der Waals surface area contributed by atoms with Crippen molar-refractivity contribution in [2.45, 2.75) is 33.2 Å². The summed E-state index contributed by atoms with van der Waals surface area (Å²) < 4.78 is 0. The molecular formula is C15H19N5O2.